The third kappa shape index (κ3) is 4.01. The molecule has 3 atom stereocenters. The van der Waals surface area contributed by atoms with Crippen molar-refractivity contribution in [1.29, 1.82) is 0 Å². The molecule has 4 heterocycles. The molecule has 3 aromatic rings. The van der Waals surface area contributed by atoms with Gasteiger partial charge < -0.3 is 14.5 Å². The van der Waals surface area contributed by atoms with E-state index in [-0.39, 0.29) is 6.10 Å². The second-order valence-corrected chi connectivity index (χ2v) is 10.7. The fourth-order valence-corrected chi connectivity index (χ4v) is 6.47. The van der Waals surface area contributed by atoms with Gasteiger partial charge in [0.15, 0.2) is 0 Å². The third-order valence-electron chi connectivity index (χ3n) is 7.55. The monoisotopic (exact) mass is 473 g/mol. The van der Waals surface area contributed by atoms with Crippen LogP contribution < -0.4 is 14.4 Å². The summed E-state index contributed by atoms with van der Waals surface area (Å²) in [6, 6.07) is 17.6. The molecular formula is C27H31N5OS. The molecule has 3 aliphatic rings. The van der Waals surface area contributed by atoms with E-state index in [9.17, 15) is 0 Å². The summed E-state index contributed by atoms with van der Waals surface area (Å²) in [5.74, 6) is 1.72. The van der Waals surface area contributed by atoms with E-state index in [2.05, 4.69) is 77.9 Å². The zero-order valence-corrected chi connectivity index (χ0v) is 20.8. The second kappa shape index (κ2) is 8.78. The molecule has 1 aromatic heterocycles. The van der Waals surface area contributed by atoms with Crippen molar-refractivity contribution >= 4 is 23.6 Å². The zero-order valence-electron chi connectivity index (χ0n) is 20.0. The van der Waals surface area contributed by atoms with Crippen LogP contribution in [0.3, 0.4) is 0 Å². The van der Waals surface area contributed by atoms with Gasteiger partial charge in [-0.2, -0.15) is 4.98 Å². The Kier molecular flexibility index (Phi) is 5.62. The van der Waals surface area contributed by atoms with Gasteiger partial charge in [-0.25, -0.2) is 4.98 Å². The standard InChI is InChI=1S/C27H31N5OS/c1-17-7-4-8-18(2)26(17)22-14-25-29-27(28-22)30-34-20-10-5-9-19(13-20)32-15-23-21(24(16-32)33-25)11-6-12-31(23)3/h4-5,7-10,13-14,21,23-24H,6,11-12,15-16H2,1-3H3,(H,28,29,30). The number of fused-ring (bicyclic) bond motifs is 9. The van der Waals surface area contributed by atoms with Crippen molar-refractivity contribution in [1.82, 2.24) is 14.9 Å². The number of anilines is 2. The lowest BCUT2D eigenvalue weighted by Gasteiger charge is -2.50. The van der Waals surface area contributed by atoms with Gasteiger partial charge in [-0.1, -0.05) is 24.3 Å². The van der Waals surface area contributed by atoms with Gasteiger partial charge in [0.2, 0.25) is 11.8 Å². The molecule has 0 amide bonds. The predicted octanol–water partition coefficient (Wildman–Crippen LogP) is 5.17. The Hall–Kier alpha value is -2.77. The number of ether oxygens (including phenoxy) is 1. The van der Waals surface area contributed by atoms with E-state index in [4.69, 9.17) is 14.7 Å². The summed E-state index contributed by atoms with van der Waals surface area (Å²) >= 11 is 1.55. The Morgan fingerprint density at radius 2 is 1.85 bits per heavy atom. The maximum atomic E-state index is 6.76. The van der Waals surface area contributed by atoms with Crippen molar-refractivity contribution in [2.24, 2.45) is 5.92 Å². The first kappa shape index (κ1) is 21.7. The van der Waals surface area contributed by atoms with E-state index >= 15 is 0 Å². The summed E-state index contributed by atoms with van der Waals surface area (Å²) in [7, 11) is 2.26. The van der Waals surface area contributed by atoms with E-state index in [0.29, 0.717) is 23.8 Å². The number of likely N-dealkylation sites (N-methyl/N-ethyl adjacent to an activating group) is 1. The van der Waals surface area contributed by atoms with Crippen molar-refractivity contribution in [3.8, 4) is 17.1 Å². The molecule has 0 radical (unpaired) electrons. The highest BCUT2D eigenvalue weighted by molar-refractivity contribution is 8.00. The Morgan fingerprint density at radius 3 is 2.71 bits per heavy atom. The highest BCUT2D eigenvalue weighted by Gasteiger charge is 2.42. The summed E-state index contributed by atoms with van der Waals surface area (Å²) in [6.45, 7) is 7.33. The van der Waals surface area contributed by atoms with Crippen molar-refractivity contribution in [2.45, 2.75) is 43.7 Å². The molecule has 176 valence electrons. The first-order valence-corrected chi connectivity index (χ1v) is 13.0. The lowest BCUT2D eigenvalue weighted by Crippen LogP contribution is -2.61. The average Bonchev–Trinajstić information content (AvgIpc) is 2.83. The van der Waals surface area contributed by atoms with Gasteiger partial charge in [-0.05, 0) is 81.6 Å². The molecule has 7 heteroatoms. The Morgan fingerprint density at radius 1 is 1.03 bits per heavy atom. The fourth-order valence-electron chi connectivity index (χ4n) is 5.84. The van der Waals surface area contributed by atoms with Gasteiger partial charge >= 0.3 is 0 Å². The van der Waals surface area contributed by atoms with Gasteiger partial charge in [-0.15, -0.1) is 0 Å². The number of aromatic nitrogens is 2. The highest BCUT2D eigenvalue weighted by atomic mass is 32.2. The molecule has 6 nitrogen and oxygen atoms in total. The lowest BCUT2D eigenvalue weighted by atomic mass is 9.81. The molecule has 0 saturated carbocycles. The fraction of sp³-hybridized carbons (Fsp3) is 0.407. The van der Waals surface area contributed by atoms with Gasteiger partial charge in [0.25, 0.3) is 0 Å². The normalized spacial score (nSPS) is 24.2. The van der Waals surface area contributed by atoms with Crippen LogP contribution in [-0.4, -0.2) is 53.7 Å². The molecule has 34 heavy (non-hydrogen) atoms. The lowest BCUT2D eigenvalue weighted by molar-refractivity contribution is 0.0151. The van der Waals surface area contributed by atoms with Crippen LogP contribution in [0, 0.1) is 19.8 Å². The molecule has 6 bridgehead atoms. The van der Waals surface area contributed by atoms with Crippen LogP contribution in [0.4, 0.5) is 11.6 Å². The first-order chi connectivity index (χ1) is 16.5. The molecule has 2 aromatic carbocycles. The van der Waals surface area contributed by atoms with Crippen LogP contribution >= 0.6 is 11.9 Å². The molecule has 1 N–H and O–H groups in total. The Bertz CT molecular complexity index is 1200. The summed E-state index contributed by atoms with van der Waals surface area (Å²) in [5.41, 5.74) is 5.71. The van der Waals surface area contributed by atoms with Gasteiger partial charge in [0.1, 0.15) is 6.10 Å². The smallest absolute Gasteiger partial charge is 0.237 e. The minimum absolute atomic E-state index is 0.0748. The molecular weight excluding hydrogens is 442 g/mol. The number of benzene rings is 2. The number of rotatable bonds is 1. The molecule has 6 rings (SSSR count). The maximum Gasteiger partial charge on any atom is 0.237 e. The Balaban J connectivity index is 1.46. The van der Waals surface area contributed by atoms with Crippen molar-refractivity contribution in [3.05, 3.63) is 59.7 Å². The van der Waals surface area contributed by atoms with E-state index in [0.717, 1.165) is 35.8 Å². The van der Waals surface area contributed by atoms with E-state index < -0.39 is 0 Å². The van der Waals surface area contributed by atoms with Crippen LogP contribution in [0.1, 0.15) is 24.0 Å². The molecule has 2 saturated heterocycles. The summed E-state index contributed by atoms with van der Waals surface area (Å²) in [5, 5.41) is 0. The van der Waals surface area contributed by atoms with Crippen LogP contribution in [0.2, 0.25) is 0 Å². The van der Waals surface area contributed by atoms with Gasteiger partial charge in [-0.3, -0.25) is 4.72 Å². The minimum Gasteiger partial charge on any atom is -0.472 e. The molecule has 2 fully saturated rings. The largest absolute Gasteiger partial charge is 0.472 e. The third-order valence-corrected chi connectivity index (χ3v) is 8.32. The van der Waals surface area contributed by atoms with E-state index in [1.54, 1.807) is 11.9 Å². The van der Waals surface area contributed by atoms with Gasteiger partial charge in [0, 0.05) is 40.7 Å². The molecule has 3 unspecified atom stereocenters. The summed E-state index contributed by atoms with van der Waals surface area (Å²) in [4.78, 5) is 15.9. The minimum atomic E-state index is 0.0748. The van der Waals surface area contributed by atoms with E-state index in [1.807, 2.05) is 6.07 Å². The first-order valence-electron chi connectivity index (χ1n) is 12.2. The van der Waals surface area contributed by atoms with Crippen LogP contribution in [0.25, 0.3) is 11.3 Å². The number of likely N-dealkylation sites (tertiary alicyclic amines) is 1. The molecule has 3 aliphatic heterocycles. The number of hydrogen-bond donors (Lipinski definition) is 1. The topological polar surface area (TPSA) is 53.5 Å². The summed E-state index contributed by atoms with van der Waals surface area (Å²) < 4.78 is 10.1. The van der Waals surface area contributed by atoms with Crippen LogP contribution in [-0.2, 0) is 0 Å². The van der Waals surface area contributed by atoms with Crippen molar-refractivity contribution in [3.63, 3.8) is 0 Å². The molecule has 0 spiro atoms. The zero-order chi connectivity index (χ0) is 23.2. The number of nitrogens with zero attached hydrogens (tertiary/aromatic N) is 4. The van der Waals surface area contributed by atoms with Crippen molar-refractivity contribution < 1.29 is 4.74 Å². The quantitative estimate of drug-likeness (QED) is 0.489. The Labute approximate surface area is 205 Å². The maximum absolute atomic E-state index is 6.76. The summed E-state index contributed by atoms with van der Waals surface area (Å²) in [6.07, 6.45) is 2.49. The highest BCUT2D eigenvalue weighted by Crippen LogP contribution is 2.37. The van der Waals surface area contributed by atoms with Crippen LogP contribution in [0.15, 0.2) is 53.4 Å². The average molecular weight is 474 g/mol. The molecule has 0 aliphatic carbocycles. The number of piperidine rings is 2. The number of nitrogens with one attached hydrogen (secondary N) is 1. The number of hydrogen-bond acceptors (Lipinski definition) is 7. The second-order valence-electron chi connectivity index (χ2n) is 9.80. The van der Waals surface area contributed by atoms with Gasteiger partial charge in [0.05, 0.1) is 12.2 Å². The number of aryl methyl sites for hydroxylation is 2. The van der Waals surface area contributed by atoms with Crippen LogP contribution in [0.5, 0.6) is 5.88 Å². The predicted molar refractivity (Wildman–Crippen MR) is 139 cm³/mol. The SMILES string of the molecule is Cc1cccc(C)c1-c1cc2nc(n1)NSc1cccc(c1)N1CC(O2)C2CCCN(C)C2C1. The van der Waals surface area contributed by atoms with E-state index in [1.165, 1.54) is 29.7 Å². The van der Waals surface area contributed by atoms with Crippen molar-refractivity contribution in [2.75, 3.05) is 36.3 Å².